The molecular weight excluding hydrogens is 308 g/mol. The first-order valence-corrected chi connectivity index (χ1v) is 8.28. The Morgan fingerprint density at radius 3 is 2.71 bits per heavy atom. The van der Waals surface area contributed by atoms with Crippen molar-refractivity contribution in [2.45, 2.75) is 46.2 Å². The number of Topliss-reactive ketones (excluding diaryl/α,β-unsaturated/α-hetero) is 1. The Hall–Kier alpha value is -2.20. The topological polar surface area (TPSA) is 97.0 Å². The van der Waals surface area contributed by atoms with Crippen LogP contribution in [-0.2, 0) is 16.1 Å². The van der Waals surface area contributed by atoms with Crippen LogP contribution in [-0.4, -0.2) is 40.7 Å². The molecule has 1 unspecified atom stereocenters. The van der Waals surface area contributed by atoms with Crippen LogP contribution in [0.2, 0.25) is 0 Å². The molecule has 130 valence electrons. The van der Waals surface area contributed by atoms with E-state index in [1.807, 2.05) is 6.07 Å². The smallest absolute Gasteiger partial charge is 0.245 e. The van der Waals surface area contributed by atoms with E-state index in [0.29, 0.717) is 17.2 Å². The average molecular weight is 332 g/mol. The van der Waals surface area contributed by atoms with Crippen molar-refractivity contribution in [3.8, 4) is 6.07 Å². The number of aromatic nitrogens is 2. The van der Waals surface area contributed by atoms with E-state index in [4.69, 9.17) is 4.74 Å². The van der Waals surface area contributed by atoms with Crippen molar-refractivity contribution in [2.24, 2.45) is 11.8 Å². The number of nitriles is 1. The molecule has 0 bridgehead atoms. The molecule has 7 nitrogen and oxygen atoms in total. The third kappa shape index (κ3) is 4.20. The van der Waals surface area contributed by atoms with Gasteiger partial charge in [-0.05, 0) is 39.5 Å². The van der Waals surface area contributed by atoms with Gasteiger partial charge in [0.15, 0.2) is 11.7 Å². The summed E-state index contributed by atoms with van der Waals surface area (Å²) >= 11 is 0. The Kier molecular flexibility index (Phi) is 6.10. The van der Waals surface area contributed by atoms with Gasteiger partial charge < -0.3 is 10.1 Å². The average Bonchev–Trinajstić information content (AvgIpc) is 2.89. The monoisotopic (exact) mass is 332 g/mol. The minimum atomic E-state index is -1.34. The van der Waals surface area contributed by atoms with Crippen LogP contribution in [0.15, 0.2) is 6.20 Å². The van der Waals surface area contributed by atoms with E-state index >= 15 is 0 Å². The maximum atomic E-state index is 12.6. The summed E-state index contributed by atoms with van der Waals surface area (Å²) in [5.41, 5.74) is 1.04. The lowest BCUT2D eigenvalue weighted by Gasteiger charge is -2.22. The third-order valence-electron chi connectivity index (χ3n) is 4.23. The number of nitrogens with one attached hydrogen (secondary N) is 1. The lowest BCUT2D eigenvalue weighted by atomic mass is 9.97. The highest BCUT2D eigenvalue weighted by molar-refractivity contribution is 6.12. The molecule has 0 radical (unpaired) electrons. The van der Waals surface area contributed by atoms with Gasteiger partial charge in [-0.1, -0.05) is 0 Å². The Morgan fingerprint density at radius 2 is 2.12 bits per heavy atom. The lowest BCUT2D eigenvalue weighted by molar-refractivity contribution is -0.122. The van der Waals surface area contributed by atoms with Gasteiger partial charge in [0.2, 0.25) is 5.91 Å². The number of rotatable bonds is 6. The van der Waals surface area contributed by atoms with Gasteiger partial charge in [0, 0.05) is 31.5 Å². The van der Waals surface area contributed by atoms with Crippen molar-refractivity contribution in [3.05, 3.63) is 17.5 Å². The quantitative estimate of drug-likeness (QED) is 0.628. The third-order valence-corrected chi connectivity index (χ3v) is 4.23. The summed E-state index contributed by atoms with van der Waals surface area (Å²) in [5.74, 6) is -1.93. The molecule has 1 aliphatic heterocycles. The number of ketones is 1. The van der Waals surface area contributed by atoms with Crippen molar-refractivity contribution < 1.29 is 14.3 Å². The molecule has 0 aromatic carbocycles. The highest BCUT2D eigenvalue weighted by atomic mass is 16.5. The summed E-state index contributed by atoms with van der Waals surface area (Å²) in [6, 6.07) is 1.68. The molecule has 7 heteroatoms. The fourth-order valence-corrected chi connectivity index (χ4v) is 2.81. The predicted octanol–water partition coefficient (Wildman–Crippen LogP) is 1.47. The molecule has 1 N–H and O–H groups in total. The Balaban J connectivity index is 2.12. The minimum absolute atomic E-state index is 0.126. The Labute approximate surface area is 142 Å². The van der Waals surface area contributed by atoms with Crippen LogP contribution in [0, 0.1) is 30.1 Å². The van der Waals surface area contributed by atoms with E-state index in [1.54, 1.807) is 25.5 Å². The van der Waals surface area contributed by atoms with Crippen LogP contribution in [0.3, 0.4) is 0 Å². The van der Waals surface area contributed by atoms with Gasteiger partial charge in [0.1, 0.15) is 0 Å². The lowest BCUT2D eigenvalue weighted by Crippen LogP contribution is -2.38. The van der Waals surface area contributed by atoms with Crippen molar-refractivity contribution in [1.29, 1.82) is 5.26 Å². The molecule has 0 aliphatic carbocycles. The largest absolute Gasteiger partial charge is 0.381 e. The van der Waals surface area contributed by atoms with Crippen molar-refractivity contribution in [1.82, 2.24) is 15.1 Å². The summed E-state index contributed by atoms with van der Waals surface area (Å²) in [4.78, 5) is 24.6. The maximum absolute atomic E-state index is 12.6. The van der Waals surface area contributed by atoms with Gasteiger partial charge in [-0.3, -0.25) is 14.3 Å². The normalized spacial score (nSPS) is 16.6. The molecular formula is C17H24N4O3. The van der Waals surface area contributed by atoms with Gasteiger partial charge in [0.25, 0.3) is 0 Å². The molecule has 2 heterocycles. The van der Waals surface area contributed by atoms with E-state index in [2.05, 4.69) is 10.4 Å². The highest BCUT2D eigenvalue weighted by Gasteiger charge is 2.30. The first kappa shape index (κ1) is 18.1. The number of amides is 1. The van der Waals surface area contributed by atoms with Gasteiger partial charge in [0.05, 0.1) is 17.8 Å². The molecule has 0 saturated carbocycles. The number of hydrogen-bond acceptors (Lipinski definition) is 5. The first-order valence-electron chi connectivity index (χ1n) is 8.28. The number of ether oxygens (including phenoxy) is 1. The summed E-state index contributed by atoms with van der Waals surface area (Å²) in [5, 5.41) is 16.1. The number of carbonyl (C=O) groups excluding carboxylic acids is 2. The van der Waals surface area contributed by atoms with Crippen LogP contribution >= 0.6 is 0 Å². The molecule has 24 heavy (non-hydrogen) atoms. The second-order valence-electron chi connectivity index (χ2n) is 6.47. The Morgan fingerprint density at radius 1 is 1.46 bits per heavy atom. The van der Waals surface area contributed by atoms with E-state index < -0.39 is 17.6 Å². The maximum Gasteiger partial charge on any atom is 0.245 e. The van der Waals surface area contributed by atoms with Crippen LogP contribution < -0.4 is 5.32 Å². The van der Waals surface area contributed by atoms with E-state index in [0.717, 1.165) is 32.6 Å². The van der Waals surface area contributed by atoms with E-state index in [9.17, 15) is 14.9 Å². The van der Waals surface area contributed by atoms with Crippen LogP contribution in [0.5, 0.6) is 0 Å². The fourth-order valence-electron chi connectivity index (χ4n) is 2.81. The summed E-state index contributed by atoms with van der Waals surface area (Å²) in [6.45, 7) is 7.60. The minimum Gasteiger partial charge on any atom is -0.381 e. The van der Waals surface area contributed by atoms with Crippen LogP contribution in [0.1, 0.15) is 42.7 Å². The standard InChI is InChI=1S/C17H24N4O3/c1-11(2)20-17(23)14(8-18)16(22)15-9-19-21(12(15)3)10-13-4-6-24-7-5-13/h9,11,13-14H,4-7,10H2,1-3H3,(H,20,23). The molecule has 1 saturated heterocycles. The summed E-state index contributed by atoms with van der Waals surface area (Å²) in [6.07, 6.45) is 3.41. The van der Waals surface area contributed by atoms with Gasteiger partial charge >= 0.3 is 0 Å². The molecule has 2 rings (SSSR count). The van der Waals surface area contributed by atoms with Crippen molar-refractivity contribution >= 4 is 11.7 Å². The Bertz CT molecular complexity index is 639. The number of nitrogens with zero attached hydrogens (tertiary/aromatic N) is 3. The van der Waals surface area contributed by atoms with Crippen LogP contribution in [0.4, 0.5) is 0 Å². The second kappa shape index (κ2) is 8.06. The summed E-state index contributed by atoms with van der Waals surface area (Å²) in [7, 11) is 0. The SMILES string of the molecule is Cc1c(C(=O)C(C#N)C(=O)NC(C)C)cnn1CC1CCOCC1. The predicted molar refractivity (Wildman–Crippen MR) is 87.2 cm³/mol. The molecule has 1 aromatic heterocycles. The number of hydrogen-bond donors (Lipinski definition) is 1. The van der Waals surface area contributed by atoms with Gasteiger partial charge in [-0.2, -0.15) is 10.4 Å². The molecule has 1 aliphatic rings. The highest BCUT2D eigenvalue weighted by Crippen LogP contribution is 2.20. The molecule has 1 fully saturated rings. The fraction of sp³-hybridized carbons (Fsp3) is 0.647. The van der Waals surface area contributed by atoms with Crippen LogP contribution in [0.25, 0.3) is 0 Å². The molecule has 1 atom stereocenters. The van der Waals surface area contributed by atoms with Gasteiger partial charge in [-0.15, -0.1) is 0 Å². The van der Waals surface area contributed by atoms with E-state index in [-0.39, 0.29) is 6.04 Å². The molecule has 0 spiro atoms. The zero-order valence-corrected chi connectivity index (χ0v) is 14.4. The first-order chi connectivity index (χ1) is 11.4. The van der Waals surface area contributed by atoms with Crippen molar-refractivity contribution in [2.75, 3.05) is 13.2 Å². The molecule has 1 amide bonds. The summed E-state index contributed by atoms with van der Waals surface area (Å²) < 4.78 is 7.14. The number of carbonyl (C=O) groups is 2. The zero-order valence-electron chi connectivity index (χ0n) is 14.4. The van der Waals surface area contributed by atoms with Gasteiger partial charge in [-0.25, -0.2) is 0 Å². The van der Waals surface area contributed by atoms with E-state index in [1.165, 1.54) is 6.20 Å². The van der Waals surface area contributed by atoms with Crippen molar-refractivity contribution in [3.63, 3.8) is 0 Å². The zero-order chi connectivity index (χ0) is 17.7. The molecule has 1 aromatic rings. The second-order valence-corrected chi connectivity index (χ2v) is 6.47.